The number of hydrogen-bond acceptors (Lipinski definition) is 3. The lowest BCUT2D eigenvalue weighted by Crippen LogP contribution is -2.12. The van der Waals surface area contributed by atoms with Gasteiger partial charge in [0.15, 0.2) is 11.5 Å². The lowest BCUT2D eigenvalue weighted by molar-refractivity contribution is -0.116. The Morgan fingerprint density at radius 3 is 2.82 bits per heavy atom. The molecule has 1 N–H and O–H groups in total. The summed E-state index contributed by atoms with van der Waals surface area (Å²) in [5, 5.41) is 2.91. The number of anilines is 1. The minimum Gasteiger partial charge on any atom is -0.441 e. The number of carbonyl (C=O) groups is 1. The van der Waals surface area contributed by atoms with Gasteiger partial charge < -0.3 is 9.73 Å². The number of fused-ring (bicyclic) bond motifs is 1. The van der Waals surface area contributed by atoms with Gasteiger partial charge in [-0.2, -0.15) is 0 Å². The molecule has 0 aliphatic rings. The number of hydrogen-bond donors (Lipinski definition) is 1. The van der Waals surface area contributed by atoms with Crippen LogP contribution < -0.4 is 5.32 Å². The molecule has 0 spiro atoms. The van der Waals surface area contributed by atoms with Crippen molar-refractivity contribution in [1.82, 2.24) is 4.98 Å². The Hall–Kier alpha value is -2.62. The van der Waals surface area contributed by atoms with Gasteiger partial charge in [0.05, 0.1) is 0 Å². The van der Waals surface area contributed by atoms with Gasteiger partial charge in [-0.05, 0) is 36.6 Å². The zero-order chi connectivity index (χ0) is 15.5. The molecule has 1 aromatic heterocycles. The molecule has 1 amide bonds. The van der Waals surface area contributed by atoms with Crippen LogP contribution in [0.3, 0.4) is 0 Å². The van der Waals surface area contributed by atoms with Gasteiger partial charge in [0, 0.05) is 25.1 Å². The van der Waals surface area contributed by atoms with Crippen molar-refractivity contribution in [1.29, 1.82) is 0 Å². The molecule has 0 fully saturated rings. The smallest absolute Gasteiger partial charge is 0.224 e. The number of benzene rings is 2. The van der Waals surface area contributed by atoms with E-state index in [1.807, 2.05) is 24.3 Å². The van der Waals surface area contributed by atoms with Crippen LogP contribution in [0.1, 0.15) is 23.4 Å². The third kappa shape index (κ3) is 3.17. The molecule has 1 heterocycles. The summed E-state index contributed by atoms with van der Waals surface area (Å²) in [7, 11) is 0. The quantitative estimate of drug-likeness (QED) is 0.790. The molecule has 0 saturated heterocycles. The van der Waals surface area contributed by atoms with Gasteiger partial charge in [0.25, 0.3) is 0 Å². The van der Waals surface area contributed by atoms with Crippen LogP contribution in [-0.2, 0) is 11.2 Å². The van der Waals surface area contributed by atoms with Crippen LogP contribution in [0.2, 0.25) is 0 Å². The molecule has 4 heteroatoms. The first kappa shape index (κ1) is 14.3. The van der Waals surface area contributed by atoms with Gasteiger partial charge in [0.2, 0.25) is 5.91 Å². The van der Waals surface area contributed by atoms with Crippen LogP contribution in [-0.4, -0.2) is 10.9 Å². The summed E-state index contributed by atoms with van der Waals surface area (Å²) in [4.78, 5) is 16.3. The zero-order valence-electron chi connectivity index (χ0n) is 12.7. The molecular weight excluding hydrogens is 276 g/mol. The topological polar surface area (TPSA) is 55.1 Å². The Morgan fingerprint density at radius 1 is 1.18 bits per heavy atom. The van der Waals surface area contributed by atoms with E-state index in [0.29, 0.717) is 17.9 Å². The highest BCUT2D eigenvalue weighted by molar-refractivity contribution is 5.92. The van der Waals surface area contributed by atoms with Crippen molar-refractivity contribution in [2.24, 2.45) is 0 Å². The van der Waals surface area contributed by atoms with Crippen LogP contribution in [0, 0.1) is 13.8 Å². The summed E-state index contributed by atoms with van der Waals surface area (Å²) in [6, 6.07) is 13.6. The highest BCUT2D eigenvalue weighted by Gasteiger charge is 2.07. The van der Waals surface area contributed by atoms with E-state index in [1.54, 1.807) is 13.0 Å². The SMILES string of the molecule is Cc1nc2ccc(NC(=O)CCc3ccccc3C)cc2o1. The molecule has 0 unspecified atom stereocenters. The second-order valence-corrected chi connectivity index (χ2v) is 5.39. The maximum absolute atomic E-state index is 12.1. The summed E-state index contributed by atoms with van der Waals surface area (Å²) >= 11 is 0. The normalized spacial score (nSPS) is 10.8. The first-order chi connectivity index (χ1) is 10.6. The molecule has 0 atom stereocenters. The summed E-state index contributed by atoms with van der Waals surface area (Å²) < 4.78 is 5.47. The standard InChI is InChI=1S/C18H18N2O2/c1-12-5-3-4-6-14(12)7-10-18(21)20-15-8-9-16-17(11-15)22-13(2)19-16/h3-6,8-9,11H,7,10H2,1-2H3,(H,20,21). The fourth-order valence-corrected chi connectivity index (χ4v) is 2.48. The molecule has 22 heavy (non-hydrogen) atoms. The van der Waals surface area contributed by atoms with E-state index >= 15 is 0 Å². The number of carbonyl (C=O) groups excluding carboxylic acids is 1. The Balaban J connectivity index is 1.64. The van der Waals surface area contributed by atoms with E-state index in [9.17, 15) is 4.79 Å². The predicted octanol–water partition coefficient (Wildman–Crippen LogP) is 4.02. The number of aromatic nitrogens is 1. The second kappa shape index (κ2) is 6.02. The molecule has 0 saturated carbocycles. The number of amides is 1. The van der Waals surface area contributed by atoms with Crippen LogP contribution in [0.15, 0.2) is 46.9 Å². The third-order valence-corrected chi connectivity index (χ3v) is 3.66. The minimum atomic E-state index is -0.00107. The van der Waals surface area contributed by atoms with Crippen molar-refractivity contribution >= 4 is 22.7 Å². The number of aryl methyl sites for hydroxylation is 3. The van der Waals surface area contributed by atoms with Crippen LogP contribution in [0.5, 0.6) is 0 Å². The Bertz CT molecular complexity index is 821. The Morgan fingerprint density at radius 2 is 2.00 bits per heavy atom. The molecule has 112 valence electrons. The van der Waals surface area contributed by atoms with E-state index in [2.05, 4.69) is 29.4 Å². The average Bonchev–Trinajstić information content (AvgIpc) is 2.86. The van der Waals surface area contributed by atoms with E-state index in [4.69, 9.17) is 4.42 Å². The van der Waals surface area contributed by atoms with E-state index in [0.717, 1.165) is 17.6 Å². The average molecular weight is 294 g/mol. The van der Waals surface area contributed by atoms with E-state index in [1.165, 1.54) is 11.1 Å². The Kier molecular flexibility index (Phi) is 3.92. The maximum Gasteiger partial charge on any atom is 0.224 e. The van der Waals surface area contributed by atoms with Crippen molar-refractivity contribution in [2.75, 3.05) is 5.32 Å². The largest absolute Gasteiger partial charge is 0.441 e. The number of rotatable bonds is 4. The molecule has 3 rings (SSSR count). The van der Waals surface area contributed by atoms with Gasteiger partial charge in [0.1, 0.15) is 5.52 Å². The van der Waals surface area contributed by atoms with Crippen molar-refractivity contribution in [3.05, 3.63) is 59.5 Å². The first-order valence-corrected chi connectivity index (χ1v) is 7.33. The van der Waals surface area contributed by atoms with Crippen LogP contribution in [0.4, 0.5) is 5.69 Å². The number of nitrogens with zero attached hydrogens (tertiary/aromatic N) is 1. The van der Waals surface area contributed by atoms with Crippen molar-refractivity contribution in [2.45, 2.75) is 26.7 Å². The molecule has 4 nitrogen and oxygen atoms in total. The van der Waals surface area contributed by atoms with E-state index in [-0.39, 0.29) is 5.91 Å². The zero-order valence-corrected chi connectivity index (χ0v) is 12.7. The van der Waals surface area contributed by atoms with Gasteiger partial charge in [-0.1, -0.05) is 24.3 Å². The van der Waals surface area contributed by atoms with Crippen molar-refractivity contribution in [3.8, 4) is 0 Å². The van der Waals surface area contributed by atoms with Crippen molar-refractivity contribution in [3.63, 3.8) is 0 Å². The molecule has 0 bridgehead atoms. The Labute approximate surface area is 129 Å². The highest BCUT2D eigenvalue weighted by atomic mass is 16.3. The van der Waals surface area contributed by atoms with E-state index < -0.39 is 0 Å². The summed E-state index contributed by atoms with van der Waals surface area (Å²) in [5.41, 5.74) is 4.65. The van der Waals surface area contributed by atoms with Gasteiger partial charge >= 0.3 is 0 Å². The lowest BCUT2D eigenvalue weighted by atomic mass is 10.0. The third-order valence-electron chi connectivity index (χ3n) is 3.66. The fourth-order valence-electron chi connectivity index (χ4n) is 2.48. The van der Waals surface area contributed by atoms with Crippen molar-refractivity contribution < 1.29 is 9.21 Å². The lowest BCUT2D eigenvalue weighted by Gasteiger charge is -2.07. The molecular formula is C18H18N2O2. The van der Waals surface area contributed by atoms with Gasteiger partial charge in [-0.15, -0.1) is 0 Å². The monoisotopic (exact) mass is 294 g/mol. The number of nitrogens with one attached hydrogen (secondary N) is 1. The minimum absolute atomic E-state index is 0.00107. The highest BCUT2D eigenvalue weighted by Crippen LogP contribution is 2.20. The maximum atomic E-state index is 12.1. The summed E-state index contributed by atoms with van der Waals surface area (Å²) in [6.07, 6.45) is 1.19. The fraction of sp³-hybridized carbons (Fsp3) is 0.222. The summed E-state index contributed by atoms with van der Waals surface area (Å²) in [6.45, 7) is 3.87. The summed E-state index contributed by atoms with van der Waals surface area (Å²) in [5.74, 6) is 0.622. The molecule has 2 aromatic carbocycles. The predicted molar refractivity (Wildman–Crippen MR) is 86.9 cm³/mol. The van der Waals surface area contributed by atoms with Gasteiger partial charge in [-0.25, -0.2) is 4.98 Å². The molecule has 3 aromatic rings. The molecule has 0 aliphatic carbocycles. The molecule has 0 aliphatic heterocycles. The van der Waals surface area contributed by atoms with Crippen LogP contribution in [0.25, 0.3) is 11.1 Å². The van der Waals surface area contributed by atoms with Crippen LogP contribution >= 0.6 is 0 Å². The first-order valence-electron chi connectivity index (χ1n) is 7.33. The number of oxazole rings is 1. The molecule has 0 radical (unpaired) electrons. The second-order valence-electron chi connectivity index (χ2n) is 5.39. The van der Waals surface area contributed by atoms with Gasteiger partial charge in [-0.3, -0.25) is 4.79 Å².